The first kappa shape index (κ1) is 15.9. The smallest absolute Gasteiger partial charge is 0.344 e. The molecular weight excluding hydrogens is 264 g/mol. The van der Waals surface area contributed by atoms with Crippen molar-refractivity contribution in [1.29, 1.82) is 0 Å². The maximum Gasteiger partial charge on any atom is 0.344 e. The van der Waals surface area contributed by atoms with E-state index < -0.39 is 5.60 Å². The van der Waals surface area contributed by atoms with Gasteiger partial charge in [-0.2, -0.15) is 0 Å². The molecule has 0 bridgehead atoms. The molecule has 1 aromatic carbocycles. The quantitative estimate of drug-likeness (QED) is 0.778. The van der Waals surface area contributed by atoms with Crippen LogP contribution in [0.1, 0.15) is 64.0 Å². The van der Waals surface area contributed by atoms with Gasteiger partial charge >= 0.3 is 5.97 Å². The van der Waals surface area contributed by atoms with Crippen molar-refractivity contribution in [1.82, 2.24) is 0 Å². The molecular formula is C18H26O3. The van der Waals surface area contributed by atoms with Gasteiger partial charge in [0, 0.05) is 0 Å². The SMILES string of the molecule is CCC1CCCc2ccc(OCC(=O)OC(C)(C)C)cc21. The molecule has 0 spiro atoms. The normalized spacial score (nSPS) is 18.0. The van der Waals surface area contributed by atoms with Gasteiger partial charge in [0.25, 0.3) is 0 Å². The van der Waals surface area contributed by atoms with Crippen LogP contribution < -0.4 is 4.74 Å². The number of carbonyl (C=O) groups excluding carboxylic acids is 1. The lowest BCUT2D eigenvalue weighted by Gasteiger charge is -2.25. The fourth-order valence-electron chi connectivity index (χ4n) is 2.90. The highest BCUT2D eigenvalue weighted by atomic mass is 16.6. The molecule has 1 unspecified atom stereocenters. The lowest BCUT2D eigenvalue weighted by molar-refractivity contribution is -0.157. The highest BCUT2D eigenvalue weighted by molar-refractivity contribution is 5.71. The molecule has 1 aliphatic rings. The summed E-state index contributed by atoms with van der Waals surface area (Å²) in [7, 11) is 0. The summed E-state index contributed by atoms with van der Waals surface area (Å²) < 4.78 is 10.8. The van der Waals surface area contributed by atoms with Gasteiger partial charge in [0.15, 0.2) is 6.61 Å². The second-order valence-corrected chi connectivity index (χ2v) is 6.73. The minimum atomic E-state index is -0.469. The summed E-state index contributed by atoms with van der Waals surface area (Å²) in [5, 5.41) is 0. The Kier molecular flexibility index (Phi) is 4.92. The van der Waals surface area contributed by atoms with Crippen LogP contribution in [0.2, 0.25) is 0 Å². The molecule has 0 heterocycles. The van der Waals surface area contributed by atoms with Crippen LogP contribution in [0.5, 0.6) is 5.75 Å². The Balaban J connectivity index is 2.00. The fourth-order valence-corrected chi connectivity index (χ4v) is 2.90. The van der Waals surface area contributed by atoms with Crippen molar-refractivity contribution < 1.29 is 14.3 Å². The highest BCUT2D eigenvalue weighted by Crippen LogP contribution is 2.35. The van der Waals surface area contributed by atoms with Gasteiger partial charge in [0.1, 0.15) is 11.4 Å². The molecule has 0 radical (unpaired) electrons. The maximum atomic E-state index is 11.7. The molecule has 0 fully saturated rings. The Morgan fingerprint density at radius 1 is 1.33 bits per heavy atom. The number of fused-ring (bicyclic) bond motifs is 1. The Bertz CT molecular complexity index is 500. The van der Waals surface area contributed by atoms with Crippen molar-refractivity contribution in [3.05, 3.63) is 29.3 Å². The molecule has 21 heavy (non-hydrogen) atoms. The Morgan fingerprint density at radius 2 is 2.10 bits per heavy atom. The highest BCUT2D eigenvalue weighted by Gasteiger charge is 2.20. The second-order valence-electron chi connectivity index (χ2n) is 6.73. The lowest BCUT2D eigenvalue weighted by Crippen LogP contribution is -2.27. The third-order valence-corrected chi connectivity index (χ3v) is 3.83. The average molecular weight is 290 g/mol. The van der Waals surface area contributed by atoms with Gasteiger partial charge in [-0.3, -0.25) is 0 Å². The number of hydrogen-bond acceptors (Lipinski definition) is 3. The van der Waals surface area contributed by atoms with E-state index in [2.05, 4.69) is 19.1 Å². The van der Waals surface area contributed by atoms with Gasteiger partial charge in [-0.15, -0.1) is 0 Å². The monoisotopic (exact) mass is 290 g/mol. The third kappa shape index (κ3) is 4.48. The molecule has 3 nitrogen and oxygen atoms in total. The van der Waals surface area contributed by atoms with Gasteiger partial charge in [-0.05, 0) is 75.6 Å². The van der Waals surface area contributed by atoms with Gasteiger partial charge in [-0.1, -0.05) is 13.0 Å². The van der Waals surface area contributed by atoms with E-state index in [1.807, 2.05) is 26.8 Å². The van der Waals surface area contributed by atoms with Gasteiger partial charge in [0.05, 0.1) is 0 Å². The molecule has 0 aliphatic heterocycles. The summed E-state index contributed by atoms with van der Waals surface area (Å²) >= 11 is 0. The van der Waals surface area contributed by atoms with Crippen LogP contribution in [-0.2, 0) is 16.0 Å². The summed E-state index contributed by atoms with van der Waals surface area (Å²) in [5.74, 6) is 1.06. The number of aryl methyl sites for hydroxylation is 1. The molecule has 3 heteroatoms. The zero-order valence-electron chi connectivity index (χ0n) is 13.6. The Hall–Kier alpha value is -1.51. The molecule has 0 saturated heterocycles. The lowest BCUT2D eigenvalue weighted by atomic mass is 9.81. The molecule has 1 atom stereocenters. The van der Waals surface area contributed by atoms with E-state index in [4.69, 9.17) is 9.47 Å². The predicted octanol–water partition coefficient (Wildman–Crippen LogP) is 4.24. The van der Waals surface area contributed by atoms with Gasteiger partial charge < -0.3 is 9.47 Å². The van der Waals surface area contributed by atoms with E-state index in [1.165, 1.54) is 24.0 Å². The third-order valence-electron chi connectivity index (χ3n) is 3.83. The van der Waals surface area contributed by atoms with Gasteiger partial charge in [-0.25, -0.2) is 4.79 Å². The number of ether oxygens (including phenoxy) is 2. The van der Waals surface area contributed by atoms with Crippen molar-refractivity contribution in [2.24, 2.45) is 0 Å². The zero-order chi connectivity index (χ0) is 15.5. The van der Waals surface area contributed by atoms with Crippen LogP contribution in [-0.4, -0.2) is 18.2 Å². The molecule has 0 aromatic heterocycles. The topological polar surface area (TPSA) is 35.5 Å². The van der Waals surface area contributed by atoms with E-state index in [-0.39, 0.29) is 12.6 Å². The minimum absolute atomic E-state index is 0.0349. The number of carbonyl (C=O) groups is 1. The fraction of sp³-hybridized carbons (Fsp3) is 0.611. The van der Waals surface area contributed by atoms with Crippen LogP contribution >= 0.6 is 0 Å². The van der Waals surface area contributed by atoms with Crippen molar-refractivity contribution in [2.45, 2.75) is 64.9 Å². The first-order chi connectivity index (χ1) is 9.89. The second kappa shape index (κ2) is 6.50. The van der Waals surface area contributed by atoms with Crippen molar-refractivity contribution in [2.75, 3.05) is 6.61 Å². The maximum absolute atomic E-state index is 11.7. The first-order valence-corrected chi connectivity index (χ1v) is 7.86. The molecule has 2 rings (SSSR count). The molecule has 0 saturated carbocycles. The molecule has 1 aliphatic carbocycles. The van der Waals surface area contributed by atoms with Crippen molar-refractivity contribution >= 4 is 5.97 Å². The number of benzene rings is 1. The molecule has 1 aromatic rings. The van der Waals surface area contributed by atoms with E-state index in [9.17, 15) is 4.79 Å². The van der Waals surface area contributed by atoms with E-state index in [1.54, 1.807) is 0 Å². The number of hydrogen-bond donors (Lipinski definition) is 0. The first-order valence-electron chi connectivity index (χ1n) is 7.86. The number of rotatable bonds is 4. The van der Waals surface area contributed by atoms with Gasteiger partial charge in [0.2, 0.25) is 0 Å². The largest absolute Gasteiger partial charge is 0.482 e. The Labute approximate surface area is 127 Å². The van der Waals surface area contributed by atoms with Crippen LogP contribution in [0.4, 0.5) is 0 Å². The van der Waals surface area contributed by atoms with E-state index in [0.29, 0.717) is 5.92 Å². The summed E-state index contributed by atoms with van der Waals surface area (Å²) in [4.78, 5) is 11.7. The van der Waals surface area contributed by atoms with Crippen LogP contribution in [0.3, 0.4) is 0 Å². The van der Waals surface area contributed by atoms with Crippen molar-refractivity contribution in [3.8, 4) is 5.75 Å². The predicted molar refractivity (Wildman–Crippen MR) is 83.8 cm³/mol. The van der Waals surface area contributed by atoms with Crippen LogP contribution in [0.15, 0.2) is 18.2 Å². The summed E-state index contributed by atoms with van der Waals surface area (Å²) in [5.41, 5.74) is 2.35. The van der Waals surface area contributed by atoms with Crippen molar-refractivity contribution in [3.63, 3.8) is 0 Å². The molecule has 0 amide bonds. The summed E-state index contributed by atoms with van der Waals surface area (Å²) in [6, 6.07) is 6.20. The van der Waals surface area contributed by atoms with E-state index >= 15 is 0 Å². The minimum Gasteiger partial charge on any atom is -0.482 e. The average Bonchev–Trinajstić information content (AvgIpc) is 2.42. The van der Waals surface area contributed by atoms with Crippen LogP contribution in [0.25, 0.3) is 0 Å². The number of esters is 1. The molecule has 116 valence electrons. The zero-order valence-corrected chi connectivity index (χ0v) is 13.6. The van der Waals surface area contributed by atoms with E-state index in [0.717, 1.165) is 18.6 Å². The summed E-state index contributed by atoms with van der Waals surface area (Å²) in [6.45, 7) is 7.77. The molecule has 0 N–H and O–H groups in total. The standard InChI is InChI=1S/C18H26O3/c1-5-13-7-6-8-14-9-10-15(11-16(13)14)20-12-17(19)21-18(2,3)4/h9-11,13H,5-8,12H2,1-4H3. The van der Waals surface area contributed by atoms with Crippen LogP contribution in [0, 0.1) is 0 Å². The Morgan fingerprint density at radius 3 is 2.76 bits per heavy atom. The summed E-state index contributed by atoms with van der Waals surface area (Å²) in [6.07, 6.45) is 4.82.